The van der Waals surface area contributed by atoms with Crippen LogP contribution in [0.1, 0.15) is 17.2 Å². The van der Waals surface area contributed by atoms with Gasteiger partial charge in [-0.05, 0) is 0 Å². The van der Waals surface area contributed by atoms with Gasteiger partial charge in [-0.25, -0.2) is 0 Å². The van der Waals surface area contributed by atoms with Crippen molar-refractivity contribution in [1.29, 1.82) is 0 Å². The number of fused-ring (bicyclic) bond motifs is 1. The minimum absolute atomic E-state index is 0.236. The summed E-state index contributed by atoms with van der Waals surface area (Å²) in [7, 11) is 1.71. The molecule has 0 bridgehead atoms. The van der Waals surface area contributed by atoms with Gasteiger partial charge in [-0.3, -0.25) is 0 Å². The van der Waals surface area contributed by atoms with Crippen molar-refractivity contribution in [1.82, 2.24) is 0 Å². The normalized spacial score (nSPS) is 18.7. The van der Waals surface area contributed by atoms with E-state index in [-0.39, 0.29) is 6.10 Å². The van der Waals surface area contributed by atoms with Crippen LogP contribution in [0.5, 0.6) is 5.75 Å². The molecule has 0 radical (unpaired) electrons. The van der Waals surface area contributed by atoms with E-state index in [0.29, 0.717) is 0 Å². The van der Waals surface area contributed by atoms with E-state index in [0.717, 1.165) is 11.3 Å². The van der Waals surface area contributed by atoms with Crippen LogP contribution < -0.4 is 26.0 Å². The average molecular weight is 475 g/mol. The molecule has 0 N–H and O–H groups in total. The molecule has 0 amide bonds. The van der Waals surface area contributed by atoms with Gasteiger partial charge in [-0.1, -0.05) is 0 Å². The molecule has 5 aromatic rings. The molecule has 1 heterocycles. The number of ether oxygens (including phenoxy) is 1. The van der Waals surface area contributed by atoms with Crippen molar-refractivity contribution in [3.63, 3.8) is 0 Å². The maximum absolute atomic E-state index is 7.73. The number of hydrogen-bond donors (Lipinski definition) is 0. The Hall–Kier alpha value is -3.71. The van der Waals surface area contributed by atoms with Gasteiger partial charge in [0.25, 0.3) is 0 Å². The molecular formula is C32H27O2P. The van der Waals surface area contributed by atoms with Crippen molar-refractivity contribution in [2.24, 2.45) is 0 Å². The van der Waals surface area contributed by atoms with Gasteiger partial charge in [0.05, 0.1) is 0 Å². The van der Waals surface area contributed by atoms with Gasteiger partial charge < -0.3 is 0 Å². The quantitative estimate of drug-likeness (QED) is 0.296. The van der Waals surface area contributed by atoms with Gasteiger partial charge >= 0.3 is 207 Å². The molecule has 2 nitrogen and oxygen atoms in total. The van der Waals surface area contributed by atoms with E-state index in [2.05, 4.69) is 127 Å². The fourth-order valence-corrected chi connectivity index (χ4v) is 11.8. The average Bonchev–Trinajstić information content (AvgIpc) is 3.28. The second kappa shape index (κ2) is 8.50. The summed E-state index contributed by atoms with van der Waals surface area (Å²) in [6, 6.07) is 49.4. The summed E-state index contributed by atoms with van der Waals surface area (Å²) in [5, 5.41) is 4.87. The van der Waals surface area contributed by atoms with Crippen LogP contribution in [-0.4, -0.2) is 7.11 Å². The van der Waals surface area contributed by atoms with Crippen molar-refractivity contribution >= 4 is 28.0 Å². The zero-order chi connectivity index (χ0) is 23.7. The summed E-state index contributed by atoms with van der Waals surface area (Å²) >= 11 is 0. The molecule has 0 aromatic heterocycles. The first-order chi connectivity index (χ1) is 17.3. The van der Waals surface area contributed by atoms with Gasteiger partial charge in [-0.2, -0.15) is 0 Å². The molecule has 5 aromatic carbocycles. The first-order valence-corrected chi connectivity index (χ1v) is 14.0. The SMILES string of the molecule is COc1cccc([C@@H]2OP(c3ccccc3)(c3ccccc3)(c3ccccc3)c3ccccc32)c1. The van der Waals surface area contributed by atoms with Gasteiger partial charge in [0.15, 0.2) is 0 Å². The van der Waals surface area contributed by atoms with E-state index in [1.54, 1.807) is 7.11 Å². The fraction of sp³-hybridized carbons (Fsp3) is 0.0625. The Kier molecular flexibility index (Phi) is 5.29. The molecule has 0 saturated heterocycles. The van der Waals surface area contributed by atoms with Gasteiger partial charge in [0.1, 0.15) is 0 Å². The topological polar surface area (TPSA) is 18.5 Å². The van der Waals surface area contributed by atoms with Crippen LogP contribution in [0, 0.1) is 0 Å². The summed E-state index contributed by atoms with van der Waals surface area (Å²) in [5.41, 5.74) is 2.29. The Labute approximate surface area is 206 Å². The number of methoxy groups -OCH3 is 1. The molecule has 0 fully saturated rings. The zero-order valence-corrected chi connectivity index (χ0v) is 20.5. The summed E-state index contributed by atoms with van der Waals surface area (Å²) < 4.78 is 13.3. The minimum atomic E-state index is -3.58. The summed E-state index contributed by atoms with van der Waals surface area (Å²) in [6.45, 7) is -3.58. The van der Waals surface area contributed by atoms with Crippen LogP contribution in [0.15, 0.2) is 140 Å². The molecule has 1 aliphatic heterocycles. The summed E-state index contributed by atoms with van der Waals surface area (Å²) in [6.07, 6.45) is -0.236. The first-order valence-electron chi connectivity index (χ1n) is 11.9. The molecule has 35 heavy (non-hydrogen) atoms. The molecule has 3 heteroatoms. The molecule has 172 valence electrons. The predicted molar refractivity (Wildman–Crippen MR) is 147 cm³/mol. The van der Waals surface area contributed by atoms with Crippen LogP contribution in [-0.2, 0) is 4.52 Å². The van der Waals surface area contributed by atoms with E-state index in [1.807, 2.05) is 12.1 Å². The Morgan fingerprint density at radius 2 is 1.09 bits per heavy atom. The number of hydrogen-bond acceptors (Lipinski definition) is 2. The van der Waals surface area contributed by atoms with Crippen LogP contribution in [0.3, 0.4) is 0 Å². The standard InChI is InChI=1S/C32H27O2P/c1-33-26-15-13-14-25(24-26)32-30-22-11-12-23-31(30)35(34-32,27-16-5-2-6-17-27,28-18-7-3-8-19-28)29-20-9-4-10-21-29/h2-24,32H,1H3/t32-/m0/s1. The maximum atomic E-state index is 7.73. The first kappa shape index (κ1) is 21.8. The van der Waals surface area contributed by atoms with Crippen molar-refractivity contribution in [2.75, 3.05) is 7.11 Å². The Morgan fingerprint density at radius 3 is 1.63 bits per heavy atom. The molecule has 6 rings (SSSR count). The molecular weight excluding hydrogens is 447 g/mol. The fourth-order valence-electron chi connectivity index (χ4n) is 5.65. The zero-order valence-electron chi connectivity index (χ0n) is 19.6. The molecule has 1 atom stereocenters. The van der Waals surface area contributed by atoms with E-state index in [9.17, 15) is 0 Å². The molecule has 0 spiro atoms. The van der Waals surface area contributed by atoms with E-state index in [4.69, 9.17) is 9.26 Å². The number of benzene rings is 5. The third-order valence-electron chi connectivity index (χ3n) is 7.14. The van der Waals surface area contributed by atoms with Crippen LogP contribution >= 0.6 is 6.83 Å². The Morgan fingerprint density at radius 1 is 0.571 bits per heavy atom. The second-order valence-corrected chi connectivity index (χ2v) is 13.2. The van der Waals surface area contributed by atoms with Crippen LogP contribution in [0.25, 0.3) is 0 Å². The molecule has 0 aliphatic carbocycles. The van der Waals surface area contributed by atoms with Crippen LogP contribution in [0.2, 0.25) is 0 Å². The molecule has 1 aliphatic rings. The van der Waals surface area contributed by atoms with Crippen molar-refractivity contribution in [2.45, 2.75) is 6.10 Å². The summed E-state index contributed by atoms with van der Waals surface area (Å²) in [4.78, 5) is 0. The third-order valence-corrected chi connectivity index (χ3v) is 12.9. The summed E-state index contributed by atoms with van der Waals surface area (Å²) in [5.74, 6) is 0.829. The predicted octanol–water partition coefficient (Wildman–Crippen LogP) is 5.88. The van der Waals surface area contributed by atoms with Gasteiger partial charge in [-0.15, -0.1) is 0 Å². The van der Waals surface area contributed by atoms with Gasteiger partial charge in [0, 0.05) is 0 Å². The van der Waals surface area contributed by atoms with Crippen LogP contribution in [0.4, 0.5) is 0 Å². The van der Waals surface area contributed by atoms with Crippen molar-refractivity contribution < 1.29 is 9.26 Å². The number of rotatable bonds is 5. The second-order valence-electron chi connectivity index (χ2n) is 8.86. The Bertz CT molecular complexity index is 1370. The van der Waals surface area contributed by atoms with Crippen molar-refractivity contribution in [3.05, 3.63) is 151 Å². The third kappa shape index (κ3) is 3.04. The Balaban J connectivity index is 1.79. The van der Waals surface area contributed by atoms with E-state index < -0.39 is 6.83 Å². The van der Waals surface area contributed by atoms with Gasteiger partial charge in [0.2, 0.25) is 0 Å². The van der Waals surface area contributed by atoms with E-state index >= 15 is 0 Å². The molecule has 0 saturated carbocycles. The molecule has 0 unspecified atom stereocenters. The van der Waals surface area contributed by atoms with E-state index in [1.165, 1.54) is 26.8 Å². The monoisotopic (exact) mass is 474 g/mol. The van der Waals surface area contributed by atoms with Crippen molar-refractivity contribution in [3.8, 4) is 5.75 Å².